The molecule has 0 saturated heterocycles. The van der Waals surface area contributed by atoms with Gasteiger partial charge in [0.25, 0.3) is 5.91 Å². The molecule has 0 aliphatic carbocycles. The maximum atomic E-state index is 12.5. The van der Waals surface area contributed by atoms with Gasteiger partial charge in [0.1, 0.15) is 0 Å². The highest BCUT2D eigenvalue weighted by Gasteiger charge is 2.33. The average molecular weight is 385 g/mol. The summed E-state index contributed by atoms with van der Waals surface area (Å²) >= 11 is 0. The number of benzene rings is 2. The molecule has 1 heterocycles. The van der Waals surface area contributed by atoms with E-state index in [9.17, 15) is 9.59 Å². The number of hydrogen-bond donors (Lipinski definition) is 1. The van der Waals surface area contributed by atoms with Gasteiger partial charge < -0.3 is 18.9 Å². The first-order valence-corrected chi connectivity index (χ1v) is 8.84. The third kappa shape index (κ3) is 3.60. The van der Waals surface area contributed by atoms with Crippen LogP contribution in [-0.4, -0.2) is 40.3 Å². The van der Waals surface area contributed by atoms with E-state index >= 15 is 0 Å². The maximum absolute atomic E-state index is 12.5. The molecule has 2 aromatic rings. The molecule has 148 valence electrons. The summed E-state index contributed by atoms with van der Waals surface area (Å²) < 4.78 is 21.2. The molecule has 28 heavy (non-hydrogen) atoms. The highest BCUT2D eigenvalue weighted by molar-refractivity contribution is 6.11. The van der Waals surface area contributed by atoms with E-state index in [-0.39, 0.29) is 5.91 Å². The van der Waals surface area contributed by atoms with Crippen LogP contribution in [0.25, 0.3) is 0 Å². The first-order valence-electron chi connectivity index (χ1n) is 8.84. The molecule has 1 N–H and O–H groups in total. The molecular formula is C21H23NO6. The number of amides is 2. The summed E-state index contributed by atoms with van der Waals surface area (Å²) in [5, 5.41) is 2.43. The van der Waals surface area contributed by atoms with Crippen molar-refractivity contribution in [3.05, 3.63) is 47.0 Å². The van der Waals surface area contributed by atoms with Gasteiger partial charge in [-0.25, -0.2) is 0 Å². The number of imide groups is 1. The van der Waals surface area contributed by atoms with Gasteiger partial charge in [-0.15, -0.1) is 0 Å². The molecule has 1 aliphatic rings. The normalized spacial score (nSPS) is 15.5. The summed E-state index contributed by atoms with van der Waals surface area (Å²) in [5.41, 5.74) is 2.07. The fraction of sp³-hybridized carbons (Fsp3) is 0.333. The Morgan fingerprint density at radius 1 is 0.821 bits per heavy atom. The van der Waals surface area contributed by atoms with Crippen LogP contribution in [0.2, 0.25) is 0 Å². The summed E-state index contributed by atoms with van der Waals surface area (Å²) in [5.74, 6) is 1.00. The van der Waals surface area contributed by atoms with E-state index in [2.05, 4.69) is 5.32 Å². The minimum Gasteiger partial charge on any atom is -0.493 e. The Morgan fingerprint density at radius 3 is 2.07 bits per heavy atom. The lowest BCUT2D eigenvalue weighted by Crippen LogP contribution is -2.40. The van der Waals surface area contributed by atoms with Gasteiger partial charge in [-0.1, -0.05) is 6.07 Å². The topological polar surface area (TPSA) is 83.1 Å². The van der Waals surface area contributed by atoms with Crippen LogP contribution in [0, 0.1) is 0 Å². The van der Waals surface area contributed by atoms with Crippen LogP contribution in [-0.2, 0) is 11.2 Å². The molecule has 0 radical (unpaired) electrons. The number of carbonyl (C=O) groups excluding carboxylic acids is 2. The van der Waals surface area contributed by atoms with Crippen molar-refractivity contribution in [1.82, 2.24) is 5.32 Å². The van der Waals surface area contributed by atoms with E-state index in [0.29, 0.717) is 47.0 Å². The second-order valence-electron chi connectivity index (χ2n) is 6.39. The number of aryl methyl sites for hydroxylation is 1. The summed E-state index contributed by atoms with van der Waals surface area (Å²) in [4.78, 5) is 24.8. The van der Waals surface area contributed by atoms with E-state index in [4.69, 9.17) is 18.9 Å². The number of methoxy groups -OCH3 is 4. The van der Waals surface area contributed by atoms with Crippen molar-refractivity contribution in [2.24, 2.45) is 0 Å². The van der Waals surface area contributed by atoms with Gasteiger partial charge in [-0.3, -0.25) is 14.9 Å². The predicted molar refractivity (Wildman–Crippen MR) is 103 cm³/mol. The van der Waals surface area contributed by atoms with Crippen LogP contribution in [0.4, 0.5) is 0 Å². The van der Waals surface area contributed by atoms with Gasteiger partial charge in [-0.2, -0.15) is 0 Å². The molecule has 1 aliphatic heterocycles. The first-order chi connectivity index (χ1) is 13.5. The summed E-state index contributed by atoms with van der Waals surface area (Å²) in [7, 11) is 6.19. The Bertz CT molecular complexity index is 908. The molecule has 7 nitrogen and oxygen atoms in total. The standard InChI is InChI=1S/C21H23NO6/c1-25-16-8-6-12(9-17(16)26-2)5-7-13-14-10-18(27-3)19(28-4)11-15(14)21(24)22-20(13)23/h6,8-11,13H,5,7H2,1-4H3,(H,22,23,24). The molecule has 0 bridgehead atoms. The number of nitrogens with one attached hydrogen (secondary N) is 1. The second-order valence-corrected chi connectivity index (χ2v) is 6.39. The zero-order chi connectivity index (χ0) is 20.3. The third-order valence-corrected chi connectivity index (χ3v) is 4.90. The maximum Gasteiger partial charge on any atom is 0.258 e. The molecule has 1 atom stereocenters. The second kappa shape index (κ2) is 8.21. The smallest absolute Gasteiger partial charge is 0.258 e. The van der Waals surface area contributed by atoms with E-state index in [0.717, 1.165) is 5.56 Å². The molecule has 2 amide bonds. The van der Waals surface area contributed by atoms with Crippen LogP contribution in [0.1, 0.15) is 33.8 Å². The van der Waals surface area contributed by atoms with Crippen LogP contribution in [0.15, 0.2) is 30.3 Å². The lowest BCUT2D eigenvalue weighted by atomic mass is 9.85. The monoisotopic (exact) mass is 385 g/mol. The number of rotatable bonds is 7. The zero-order valence-corrected chi connectivity index (χ0v) is 16.3. The number of ether oxygens (including phenoxy) is 4. The van der Waals surface area contributed by atoms with Crippen molar-refractivity contribution in [1.29, 1.82) is 0 Å². The molecule has 2 aromatic carbocycles. The van der Waals surface area contributed by atoms with Crippen molar-refractivity contribution in [2.75, 3.05) is 28.4 Å². The van der Waals surface area contributed by atoms with Gasteiger partial charge >= 0.3 is 0 Å². The van der Waals surface area contributed by atoms with Crippen LogP contribution in [0.5, 0.6) is 23.0 Å². The van der Waals surface area contributed by atoms with Crippen molar-refractivity contribution in [3.63, 3.8) is 0 Å². The highest BCUT2D eigenvalue weighted by atomic mass is 16.5. The quantitative estimate of drug-likeness (QED) is 0.738. The van der Waals surface area contributed by atoms with E-state index in [1.54, 1.807) is 26.4 Å². The Balaban J connectivity index is 1.90. The van der Waals surface area contributed by atoms with Gasteiger partial charge in [0.15, 0.2) is 23.0 Å². The molecular weight excluding hydrogens is 362 g/mol. The summed E-state index contributed by atoms with van der Waals surface area (Å²) in [6, 6.07) is 8.98. The fourth-order valence-corrected chi connectivity index (χ4v) is 3.42. The Hall–Kier alpha value is -3.22. The van der Waals surface area contributed by atoms with Crippen LogP contribution in [0.3, 0.4) is 0 Å². The van der Waals surface area contributed by atoms with E-state index < -0.39 is 11.8 Å². The van der Waals surface area contributed by atoms with Crippen LogP contribution >= 0.6 is 0 Å². The Labute approximate surface area is 163 Å². The van der Waals surface area contributed by atoms with Crippen molar-refractivity contribution in [2.45, 2.75) is 18.8 Å². The van der Waals surface area contributed by atoms with Crippen molar-refractivity contribution >= 4 is 11.8 Å². The molecule has 0 saturated carbocycles. The minimum atomic E-state index is -0.472. The summed E-state index contributed by atoms with van der Waals surface area (Å²) in [6.45, 7) is 0. The van der Waals surface area contributed by atoms with E-state index in [1.165, 1.54) is 14.2 Å². The predicted octanol–water partition coefficient (Wildman–Crippen LogP) is 2.71. The zero-order valence-electron chi connectivity index (χ0n) is 16.3. The molecule has 0 aromatic heterocycles. The Morgan fingerprint density at radius 2 is 1.43 bits per heavy atom. The largest absolute Gasteiger partial charge is 0.493 e. The molecule has 3 rings (SSSR count). The molecule has 0 fully saturated rings. The minimum absolute atomic E-state index is 0.315. The van der Waals surface area contributed by atoms with Gasteiger partial charge in [0.05, 0.1) is 34.4 Å². The molecule has 0 spiro atoms. The molecule has 7 heteroatoms. The lowest BCUT2D eigenvalue weighted by Gasteiger charge is -2.25. The fourth-order valence-electron chi connectivity index (χ4n) is 3.42. The summed E-state index contributed by atoms with van der Waals surface area (Å²) in [6.07, 6.45) is 1.15. The van der Waals surface area contributed by atoms with Gasteiger partial charge in [0, 0.05) is 5.56 Å². The highest BCUT2D eigenvalue weighted by Crippen LogP contribution is 2.38. The number of fused-ring (bicyclic) bond motifs is 1. The van der Waals surface area contributed by atoms with Crippen molar-refractivity contribution in [3.8, 4) is 23.0 Å². The average Bonchev–Trinajstić information content (AvgIpc) is 2.72. The van der Waals surface area contributed by atoms with Crippen LogP contribution < -0.4 is 24.3 Å². The number of carbonyl (C=O) groups is 2. The van der Waals surface area contributed by atoms with Gasteiger partial charge in [0.2, 0.25) is 5.91 Å². The number of hydrogen-bond acceptors (Lipinski definition) is 6. The lowest BCUT2D eigenvalue weighted by molar-refractivity contribution is -0.122. The third-order valence-electron chi connectivity index (χ3n) is 4.90. The first kappa shape index (κ1) is 19.5. The van der Waals surface area contributed by atoms with Crippen molar-refractivity contribution < 1.29 is 28.5 Å². The Kier molecular flexibility index (Phi) is 5.73. The van der Waals surface area contributed by atoms with E-state index in [1.807, 2.05) is 18.2 Å². The molecule has 1 unspecified atom stereocenters. The van der Waals surface area contributed by atoms with Gasteiger partial charge in [-0.05, 0) is 48.2 Å². The SMILES string of the molecule is COc1ccc(CCC2C(=O)NC(=O)c3cc(OC)c(OC)cc32)cc1OC.